The number of hydrogen-bond acceptors (Lipinski definition) is 2. The minimum Gasteiger partial charge on any atom is -0.328 e. The smallest absolute Gasteiger partial charge is 0.109 e. The van der Waals surface area contributed by atoms with Gasteiger partial charge in [0.15, 0.2) is 0 Å². The van der Waals surface area contributed by atoms with Crippen LogP contribution in [0.4, 0.5) is 0 Å². The highest BCUT2D eigenvalue weighted by Gasteiger charge is 2.07. The Morgan fingerprint density at radius 3 is 2.78 bits per heavy atom. The third-order valence-electron chi connectivity index (χ3n) is 3.21. The number of nitrogens with one attached hydrogen (secondary N) is 1. The van der Waals surface area contributed by atoms with E-state index in [9.17, 15) is 0 Å². The minimum atomic E-state index is 0.997. The molecule has 1 aromatic carbocycles. The zero-order chi connectivity index (χ0) is 12.8. The summed E-state index contributed by atoms with van der Waals surface area (Å²) in [5, 5.41) is 3.45. The summed E-state index contributed by atoms with van der Waals surface area (Å²) in [7, 11) is 0. The van der Waals surface area contributed by atoms with Gasteiger partial charge in [0.1, 0.15) is 5.82 Å². The number of nitrogens with zero attached hydrogens (tertiary/aromatic N) is 2. The SMILES string of the molecule is CCCNCCCn1c(CC)nc2ccccc21. The van der Waals surface area contributed by atoms with Crippen LogP contribution in [0.2, 0.25) is 0 Å². The molecule has 1 heterocycles. The predicted octanol–water partition coefficient (Wildman–Crippen LogP) is 2.99. The molecule has 0 saturated heterocycles. The highest BCUT2D eigenvalue weighted by atomic mass is 15.1. The Bertz CT molecular complexity index is 487. The van der Waals surface area contributed by atoms with E-state index >= 15 is 0 Å². The quantitative estimate of drug-likeness (QED) is 0.760. The average Bonchev–Trinajstić information content (AvgIpc) is 2.77. The largest absolute Gasteiger partial charge is 0.328 e. The van der Waals surface area contributed by atoms with Crippen LogP contribution >= 0.6 is 0 Å². The molecule has 0 fully saturated rings. The number of aryl methyl sites for hydroxylation is 2. The van der Waals surface area contributed by atoms with E-state index in [1.165, 1.54) is 17.8 Å². The van der Waals surface area contributed by atoms with E-state index in [-0.39, 0.29) is 0 Å². The summed E-state index contributed by atoms with van der Waals surface area (Å²) in [5.74, 6) is 1.20. The second-order valence-electron chi connectivity index (χ2n) is 4.63. The van der Waals surface area contributed by atoms with Crippen LogP contribution in [0.3, 0.4) is 0 Å². The second kappa shape index (κ2) is 6.55. The summed E-state index contributed by atoms with van der Waals surface area (Å²) >= 11 is 0. The van der Waals surface area contributed by atoms with E-state index in [1.807, 2.05) is 0 Å². The van der Waals surface area contributed by atoms with Crippen LogP contribution in [-0.4, -0.2) is 22.6 Å². The van der Waals surface area contributed by atoms with Gasteiger partial charge in [0, 0.05) is 13.0 Å². The summed E-state index contributed by atoms with van der Waals surface area (Å²) in [6.07, 6.45) is 3.36. The van der Waals surface area contributed by atoms with Gasteiger partial charge in [-0.2, -0.15) is 0 Å². The lowest BCUT2D eigenvalue weighted by Crippen LogP contribution is -2.18. The number of aromatic nitrogens is 2. The molecule has 0 atom stereocenters. The Hall–Kier alpha value is -1.35. The molecule has 18 heavy (non-hydrogen) atoms. The molecule has 0 radical (unpaired) electrons. The van der Waals surface area contributed by atoms with E-state index in [4.69, 9.17) is 0 Å². The van der Waals surface area contributed by atoms with Crippen molar-refractivity contribution in [1.82, 2.24) is 14.9 Å². The van der Waals surface area contributed by atoms with Crippen LogP contribution in [0, 0.1) is 0 Å². The van der Waals surface area contributed by atoms with Crippen LogP contribution in [0.25, 0.3) is 11.0 Å². The molecule has 0 amide bonds. The third kappa shape index (κ3) is 2.91. The summed E-state index contributed by atoms with van der Waals surface area (Å²) in [6, 6.07) is 8.42. The van der Waals surface area contributed by atoms with Gasteiger partial charge in [-0.15, -0.1) is 0 Å². The molecule has 0 unspecified atom stereocenters. The van der Waals surface area contributed by atoms with Crippen molar-refractivity contribution in [2.75, 3.05) is 13.1 Å². The summed E-state index contributed by atoms with van der Waals surface area (Å²) in [4.78, 5) is 4.69. The number of fused-ring (bicyclic) bond motifs is 1. The van der Waals surface area contributed by atoms with Crippen molar-refractivity contribution in [1.29, 1.82) is 0 Å². The molecular weight excluding hydrogens is 222 g/mol. The van der Waals surface area contributed by atoms with Gasteiger partial charge in [0.05, 0.1) is 11.0 Å². The molecule has 0 saturated carbocycles. The fourth-order valence-electron chi connectivity index (χ4n) is 2.31. The first-order valence-corrected chi connectivity index (χ1v) is 7.01. The van der Waals surface area contributed by atoms with Crippen molar-refractivity contribution < 1.29 is 0 Å². The fourth-order valence-corrected chi connectivity index (χ4v) is 2.31. The normalized spacial score (nSPS) is 11.2. The molecule has 1 N–H and O–H groups in total. The average molecular weight is 245 g/mol. The highest BCUT2D eigenvalue weighted by Crippen LogP contribution is 2.16. The van der Waals surface area contributed by atoms with Gasteiger partial charge in [-0.1, -0.05) is 26.0 Å². The minimum absolute atomic E-state index is 0.997. The van der Waals surface area contributed by atoms with Gasteiger partial charge < -0.3 is 9.88 Å². The van der Waals surface area contributed by atoms with Crippen molar-refractivity contribution in [3.8, 4) is 0 Å². The molecule has 0 bridgehead atoms. The van der Waals surface area contributed by atoms with Gasteiger partial charge in [0.2, 0.25) is 0 Å². The first kappa shape index (κ1) is 13.1. The van der Waals surface area contributed by atoms with Crippen molar-refractivity contribution in [2.24, 2.45) is 0 Å². The lowest BCUT2D eigenvalue weighted by atomic mass is 10.3. The van der Waals surface area contributed by atoms with Crippen LogP contribution in [0.1, 0.15) is 32.5 Å². The maximum atomic E-state index is 4.69. The van der Waals surface area contributed by atoms with Crippen LogP contribution in [-0.2, 0) is 13.0 Å². The lowest BCUT2D eigenvalue weighted by molar-refractivity contribution is 0.573. The Balaban J connectivity index is 2.06. The van der Waals surface area contributed by atoms with E-state index < -0.39 is 0 Å². The molecular formula is C15H23N3. The molecule has 0 aliphatic heterocycles. The Labute approximate surface area is 109 Å². The van der Waals surface area contributed by atoms with Crippen LogP contribution in [0.5, 0.6) is 0 Å². The maximum absolute atomic E-state index is 4.69. The Morgan fingerprint density at radius 2 is 2.00 bits per heavy atom. The molecule has 0 aliphatic rings. The standard InChI is InChI=1S/C15H23N3/c1-3-10-16-11-7-12-18-14-9-6-5-8-13(14)17-15(18)4-2/h5-6,8-9,16H,3-4,7,10-12H2,1-2H3. The molecule has 3 heteroatoms. The van der Waals surface area contributed by atoms with Gasteiger partial charge in [0.25, 0.3) is 0 Å². The molecule has 2 aromatic rings. The Morgan fingerprint density at radius 1 is 1.17 bits per heavy atom. The van der Waals surface area contributed by atoms with Crippen molar-refractivity contribution in [3.05, 3.63) is 30.1 Å². The highest BCUT2D eigenvalue weighted by molar-refractivity contribution is 5.75. The van der Waals surface area contributed by atoms with Gasteiger partial charge in [-0.05, 0) is 38.1 Å². The monoisotopic (exact) mass is 245 g/mol. The third-order valence-corrected chi connectivity index (χ3v) is 3.21. The summed E-state index contributed by atoms with van der Waals surface area (Å²) in [6.45, 7) is 7.63. The summed E-state index contributed by atoms with van der Waals surface area (Å²) < 4.78 is 2.36. The van der Waals surface area contributed by atoms with Crippen LogP contribution < -0.4 is 5.32 Å². The van der Waals surface area contributed by atoms with E-state index in [0.717, 1.165) is 38.0 Å². The first-order valence-electron chi connectivity index (χ1n) is 7.01. The number of hydrogen-bond donors (Lipinski definition) is 1. The van der Waals surface area contributed by atoms with Gasteiger partial charge in [-0.3, -0.25) is 0 Å². The molecule has 2 rings (SSSR count). The van der Waals surface area contributed by atoms with E-state index in [1.54, 1.807) is 0 Å². The van der Waals surface area contributed by atoms with Crippen molar-refractivity contribution in [2.45, 2.75) is 39.7 Å². The lowest BCUT2D eigenvalue weighted by Gasteiger charge is -2.08. The predicted molar refractivity (Wildman–Crippen MR) is 76.9 cm³/mol. The molecule has 0 spiro atoms. The van der Waals surface area contributed by atoms with Gasteiger partial charge >= 0.3 is 0 Å². The fraction of sp³-hybridized carbons (Fsp3) is 0.533. The number of benzene rings is 1. The van der Waals surface area contributed by atoms with Gasteiger partial charge in [-0.25, -0.2) is 4.98 Å². The zero-order valence-electron chi connectivity index (χ0n) is 11.4. The maximum Gasteiger partial charge on any atom is 0.109 e. The van der Waals surface area contributed by atoms with Crippen molar-refractivity contribution in [3.63, 3.8) is 0 Å². The number of rotatable bonds is 7. The number of para-hydroxylation sites is 2. The van der Waals surface area contributed by atoms with Crippen LogP contribution in [0.15, 0.2) is 24.3 Å². The number of imidazole rings is 1. The summed E-state index contributed by atoms with van der Waals surface area (Å²) in [5.41, 5.74) is 2.39. The second-order valence-corrected chi connectivity index (χ2v) is 4.63. The van der Waals surface area contributed by atoms with E-state index in [0.29, 0.717) is 0 Å². The molecule has 1 aromatic heterocycles. The van der Waals surface area contributed by atoms with Crippen molar-refractivity contribution >= 4 is 11.0 Å². The first-order chi connectivity index (χ1) is 8.86. The van der Waals surface area contributed by atoms with E-state index in [2.05, 4.69) is 53.0 Å². The molecule has 3 nitrogen and oxygen atoms in total. The topological polar surface area (TPSA) is 29.9 Å². The zero-order valence-corrected chi connectivity index (χ0v) is 11.4. The molecule has 98 valence electrons. The molecule has 0 aliphatic carbocycles. The Kier molecular flexibility index (Phi) is 4.76.